The lowest BCUT2D eigenvalue weighted by Gasteiger charge is -2.12. The van der Waals surface area contributed by atoms with Gasteiger partial charge in [0.2, 0.25) is 5.91 Å². The van der Waals surface area contributed by atoms with Crippen LogP contribution in [0.15, 0.2) is 18.2 Å². The smallest absolute Gasteiger partial charge is 0.220 e. The van der Waals surface area contributed by atoms with Crippen molar-refractivity contribution in [2.45, 2.75) is 51.5 Å². The van der Waals surface area contributed by atoms with Gasteiger partial charge in [-0.1, -0.05) is 12.1 Å². The number of ketones is 1. The van der Waals surface area contributed by atoms with E-state index in [-0.39, 0.29) is 37.2 Å². The molecule has 1 amide bonds. The molecule has 1 aromatic carbocycles. The molecule has 114 valence electrons. The van der Waals surface area contributed by atoms with Crippen LogP contribution in [0, 0.1) is 0 Å². The van der Waals surface area contributed by atoms with E-state index in [4.69, 9.17) is 5.11 Å². The molecule has 1 aliphatic carbocycles. The summed E-state index contributed by atoms with van der Waals surface area (Å²) in [6.07, 6.45) is 4.29. The monoisotopic (exact) mass is 289 g/mol. The zero-order valence-corrected chi connectivity index (χ0v) is 12.5. The van der Waals surface area contributed by atoms with E-state index in [2.05, 4.69) is 5.32 Å². The van der Waals surface area contributed by atoms with Crippen molar-refractivity contribution in [3.05, 3.63) is 34.9 Å². The summed E-state index contributed by atoms with van der Waals surface area (Å²) in [7, 11) is 0. The average Bonchev–Trinajstić information content (AvgIpc) is 2.92. The van der Waals surface area contributed by atoms with Crippen molar-refractivity contribution in [1.29, 1.82) is 0 Å². The van der Waals surface area contributed by atoms with E-state index in [0.29, 0.717) is 12.0 Å². The number of hydrogen-bond donors (Lipinski definition) is 2. The van der Waals surface area contributed by atoms with Crippen LogP contribution in [-0.4, -0.2) is 29.4 Å². The minimum atomic E-state index is -0.134. The molecule has 0 radical (unpaired) electrons. The molecule has 21 heavy (non-hydrogen) atoms. The van der Waals surface area contributed by atoms with Crippen molar-refractivity contribution in [3.63, 3.8) is 0 Å². The van der Waals surface area contributed by atoms with Gasteiger partial charge in [-0.05, 0) is 49.8 Å². The van der Waals surface area contributed by atoms with Crippen LogP contribution in [0.2, 0.25) is 0 Å². The molecule has 1 unspecified atom stereocenters. The van der Waals surface area contributed by atoms with Crippen molar-refractivity contribution in [2.75, 3.05) is 6.61 Å². The lowest BCUT2D eigenvalue weighted by Crippen LogP contribution is -2.33. The molecule has 4 nitrogen and oxygen atoms in total. The normalized spacial score (nSPS) is 14.6. The summed E-state index contributed by atoms with van der Waals surface area (Å²) in [5.41, 5.74) is 3.34. The van der Waals surface area contributed by atoms with Crippen molar-refractivity contribution in [1.82, 2.24) is 5.32 Å². The Balaban J connectivity index is 1.83. The van der Waals surface area contributed by atoms with Crippen LogP contribution in [0.4, 0.5) is 0 Å². The van der Waals surface area contributed by atoms with Gasteiger partial charge in [-0.25, -0.2) is 0 Å². The number of aliphatic hydroxyl groups is 1. The average molecular weight is 289 g/mol. The number of hydrogen-bond acceptors (Lipinski definition) is 3. The summed E-state index contributed by atoms with van der Waals surface area (Å²) in [6, 6.07) is 5.84. The van der Waals surface area contributed by atoms with Gasteiger partial charge in [0.05, 0.1) is 0 Å². The van der Waals surface area contributed by atoms with Gasteiger partial charge in [0.15, 0.2) is 5.78 Å². The Kier molecular flexibility index (Phi) is 5.51. The summed E-state index contributed by atoms with van der Waals surface area (Å²) < 4.78 is 0. The molecule has 2 rings (SSSR count). The Morgan fingerprint density at radius 2 is 2.00 bits per heavy atom. The molecular weight excluding hydrogens is 266 g/mol. The number of amides is 1. The van der Waals surface area contributed by atoms with Crippen LogP contribution < -0.4 is 5.32 Å². The van der Waals surface area contributed by atoms with E-state index >= 15 is 0 Å². The second kappa shape index (κ2) is 7.36. The molecule has 0 saturated heterocycles. The second-order valence-electron chi connectivity index (χ2n) is 5.74. The Hall–Kier alpha value is -1.68. The number of carbonyl (C=O) groups is 2. The maximum atomic E-state index is 12.1. The van der Waals surface area contributed by atoms with Crippen LogP contribution >= 0.6 is 0 Å². The standard InChI is InChI=1S/C17H23NO3/c1-12(9-10-19)18-17(21)8-7-16(20)15-6-5-13-3-2-4-14(13)11-15/h5-6,11-12,19H,2-4,7-10H2,1H3,(H,18,21). The second-order valence-corrected chi connectivity index (χ2v) is 5.74. The van der Waals surface area contributed by atoms with Gasteiger partial charge in [0.25, 0.3) is 0 Å². The fourth-order valence-corrected chi connectivity index (χ4v) is 2.73. The van der Waals surface area contributed by atoms with Crippen LogP contribution in [-0.2, 0) is 17.6 Å². The molecule has 0 saturated carbocycles. The summed E-state index contributed by atoms with van der Waals surface area (Å²) in [6.45, 7) is 1.89. The number of rotatable bonds is 7. The van der Waals surface area contributed by atoms with E-state index < -0.39 is 0 Å². The zero-order chi connectivity index (χ0) is 15.2. The summed E-state index contributed by atoms with van der Waals surface area (Å²) in [4.78, 5) is 23.8. The molecule has 0 fully saturated rings. The van der Waals surface area contributed by atoms with Gasteiger partial charge < -0.3 is 10.4 Å². The highest BCUT2D eigenvalue weighted by Crippen LogP contribution is 2.23. The van der Waals surface area contributed by atoms with Crippen molar-refractivity contribution in [3.8, 4) is 0 Å². The van der Waals surface area contributed by atoms with E-state index in [1.807, 2.05) is 25.1 Å². The molecule has 0 bridgehead atoms. The summed E-state index contributed by atoms with van der Waals surface area (Å²) in [5.74, 6) is -0.111. The predicted molar refractivity (Wildman–Crippen MR) is 81.3 cm³/mol. The van der Waals surface area contributed by atoms with Gasteiger partial charge >= 0.3 is 0 Å². The third-order valence-electron chi connectivity index (χ3n) is 3.97. The summed E-state index contributed by atoms with van der Waals surface area (Å²) in [5, 5.41) is 11.6. The molecule has 1 aromatic rings. The number of fused-ring (bicyclic) bond motifs is 1. The maximum absolute atomic E-state index is 12.1. The third-order valence-corrected chi connectivity index (χ3v) is 3.97. The largest absolute Gasteiger partial charge is 0.396 e. The van der Waals surface area contributed by atoms with Gasteiger partial charge in [0.1, 0.15) is 0 Å². The number of benzene rings is 1. The maximum Gasteiger partial charge on any atom is 0.220 e. The first-order valence-electron chi connectivity index (χ1n) is 7.65. The lowest BCUT2D eigenvalue weighted by molar-refractivity contribution is -0.121. The van der Waals surface area contributed by atoms with Gasteiger partial charge in [-0.2, -0.15) is 0 Å². The molecule has 2 N–H and O–H groups in total. The van der Waals surface area contributed by atoms with Crippen molar-refractivity contribution < 1.29 is 14.7 Å². The number of Topliss-reactive ketones (excluding diaryl/α,β-unsaturated/α-hetero) is 1. The molecule has 0 aromatic heterocycles. The number of aryl methyl sites for hydroxylation is 2. The highest BCUT2D eigenvalue weighted by Gasteiger charge is 2.15. The fraction of sp³-hybridized carbons (Fsp3) is 0.529. The number of carbonyl (C=O) groups excluding carboxylic acids is 2. The van der Waals surface area contributed by atoms with Gasteiger partial charge in [0, 0.05) is 31.1 Å². The van der Waals surface area contributed by atoms with Gasteiger partial charge in [-0.3, -0.25) is 9.59 Å². The topological polar surface area (TPSA) is 66.4 Å². The number of nitrogens with one attached hydrogen (secondary N) is 1. The Morgan fingerprint density at radius 3 is 2.76 bits per heavy atom. The fourth-order valence-electron chi connectivity index (χ4n) is 2.73. The predicted octanol–water partition coefficient (Wildman–Crippen LogP) is 2.03. The highest BCUT2D eigenvalue weighted by molar-refractivity contribution is 5.98. The van der Waals surface area contributed by atoms with Crippen LogP contribution in [0.25, 0.3) is 0 Å². The Bertz CT molecular complexity index is 525. The Labute approximate surface area is 125 Å². The van der Waals surface area contributed by atoms with Crippen LogP contribution in [0.3, 0.4) is 0 Å². The minimum Gasteiger partial charge on any atom is -0.396 e. The minimum absolute atomic E-state index is 0.0228. The quantitative estimate of drug-likeness (QED) is 0.755. The lowest BCUT2D eigenvalue weighted by atomic mass is 10.0. The first-order valence-corrected chi connectivity index (χ1v) is 7.65. The Morgan fingerprint density at radius 1 is 1.24 bits per heavy atom. The molecule has 0 aliphatic heterocycles. The zero-order valence-electron chi connectivity index (χ0n) is 12.5. The first kappa shape index (κ1) is 15.7. The molecule has 0 heterocycles. The summed E-state index contributed by atoms with van der Waals surface area (Å²) >= 11 is 0. The van der Waals surface area contributed by atoms with Crippen molar-refractivity contribution in [2.24, 2.45) is 0 Å². The molecule has 0 spiro atoms. The number of aliphatic hydroxyl groups excluding tert-OH is 1. The highest BCUT2D eigenvalue weighted by atomic mass is 16.3. The van der Waals surface area contributed by atoms with Crippen molar-refractivity contribution >= 4 is 11.7 Å². The van der Waals surface area contributed by atoms with Crippen LogP contribution in [0.5, 0.6) is 0 Å². The van der Waals surface area contributed by atoms with E-state index in [1.165, 1.54) is 11.1 Å². The van der Waals surface area contributed by atoms with E-state index in [9.17, 15) is 9.59 Å². The first-order chi connectivity index (χ1) is 10.1. The van der Waals surface area contributed by atoms with E-state index in [0.717, 1.165) is 19.3 Å². The van der Waals surface area contributed by atoms with Gasteiger partial charge in [-0.15, -0.1) is 0 Å². The molecule has 1 aliphatic rings. The van der Waals surface area contributed by atoms with Crippen LogP contribution in [0.1, 0.15) is 54.1 Å². The molecule has 4 heteroatoms. The molecule has 1 atom stereocenters. The van der Waals surface area contributed by atoms with E-state index in [1.54, 1.807) is 0 Å². The SMILES string of the molecule is CC(CCO)NC(=O)CCC(=O)c1ccc2c(c1)CCC2. The molecular formula is C17H23NO3. The third kappa shape index (κ3) is 4.39.